The van der Waals surface area contributed by atoms with E-state index in [9.17, 15) is 22.8 Å². The van der Waals surface area contributed by atoms with Crippen LogP contribution >= 0.6 is 11.8 Å². The monoisotopic (exact) mass is 430 g/mol. The molecule has 0 aromatic heterocycles. The maximum absolute atomic E-state index is 12.6. The average molecular weight is 430 g/mol. The number of carbonyl (C=O) groups is 2. The molecule has 8 heteroatoms. The Bertz CT molecular complexity index is 1050. The number of nitrogens with one attached hydrogen (secondary N) is 2. The van der Waals surface area contributed by atoms with E-state index >= 15 is 0 Å². The molecule has 2 amide bonds. The summed E-state index contributed by atoms with van der Waals surface area (Å²) in [5.74, 6) is -0.666. The van der Waals surface area contributed by atoms with Crippen molar-refractivity contribution in [2.45, 2.75) is 16.0 Å². The van der Waals surface area contributed by atoms with Crippen molar-refractivity contribution >= 4 is 29.3 Å². The van der Waals surface area contributed by atoms with Gasteiger partial charge in [-0.1, -0.05) is 17.8 Å². The molecule has 0 aliphatic rings. The van der Waals surface area contributed by atoms with Crippen LogP contribution in [-0.4, -0.2) is 18.9 Å². The van der Waals surface area contributed by atoms with Crippen molar-refractivity contribution in [3.8, 4) is 0 Å². The van der Waals surface area contributed by atoms with Gasteiger partial charge in [0, 0.05) is 33.7 Å². The largest absolute Gasteiger partial charge is 0.416 e. The molecule has 3 rings (SSSR count). The molecule has 0 bridgehead atoms. The van der Waals surface area contributed by atoms with Crippen LogP contribution < -0.4 is 10.6 Å². The number of amides is 2. The van der Waals surface area contributed by atoms with Gasteiger partial charge < -0.3 is 10.6 Å². The lowest BCUT2D eigenvalue weighted by molar-refractivity contribution is -0.137. The first-order valence-electron chi connectivity index (χ1n) is 8.85. The van der Waals surface area contributed by atoms with Gasteiger partial charge in [0.2, 0.25) is 0 Å². The van der Waals surface area contributed by atoms with Crippen molar-refractivity contribution < 1.29 is 22.8 Å². The number of benzene rings is 3. The summed E-state index contributed by atoms with van der Waals surface area (Å²) >= 11 is 1.46. The lowest BCUT2D eigenvalue weighted by Crippen LogP contribution is -2.17. The Morgan fingerprint density at radius 3 is 2.07 bits per heavy atom. The van der Waals surface area contributed by atoms with E-state index in [1.54, 1.807) is 49.5 Å². The number of carbonyl (C=O) groups excluding carboxylic acids is 2. The van der Waals surface area contributed by atoms with Gasteiger partial charge in [-0.25, -0.2) is 0 Å². The average Bonchev–Trinajstić information content (AvgIpc) is 2.74. The van der Waals surface area contributed by atoms with Gasteiger partial charge in [0.1, 0.15) is 0 Å². The highest BCUT2D eigenvalue weighted by Gasteiger charge is 2.30. The second-order valence-corrected chi connectivity index (χ2v) is 7.41. The Hall–Kier alpha value is -3.26. The number of hydrogen-bond acceptors (Lipinski definition) is 3. The van der Waals surface area contributed by atoms with Gasteiger partial charge in [-0.3, -0.25) is 9.59 Å². The lowest BCUT2D eigenvalue weighted by Gasteiger charge is -2.09. The molecule has 0 saturated carbocycles. The van der Waals surface area contributed by atoms with Crippen molar-refractivity contribution in [1.29, 1.82) is 0 Å². The summed E-state index contributed by atoms with van der Waals surface area (Å²) in [4.78, 5) is 25.8. The summed E-state index contributed by atoms with van der Waals surface area (Å²) in [5.41, 5.74) is 0.402. The normalized spacial score (nSPS) is 11.1. The van der Waals surface area contributed by atoms with Crippen LogP contribution in [0.15, 0.2) is 82.6 Å². The van der Waals surface area contributed by atoms with E-state index in [4.69, 9.17) is 0 Å². The third-order valence-corrected chi connectivity index (χ3v) is 5.14. The standard InChI is InChI=1S/C22H17F3N2O2S/c1-26-20(28)15-3-2-4-19(13-15)30-18-11-9-17(10-12-18)27-21(29)14-5-7-16(8-6-14)22(23,24)25/h2-13H,1H3,(H,26,28)(H,27,29). The number of rotatable bonds is 5. The molecule has 3 aromatic rings. The number of hydrogen-bond donors (Lipinski definition) is 2. The van der Waals surface area contributed by atoms with Gasteiger partial charge in [0.25, 0.3) is 11.8 Å². The summed E-state index contributed by atoms with van der Waals surface area (Å²) in [5, 5.41) is 5.23. The molecule has 0 unspecified atom stereocenters. The molecular formula is C22H17F3N2O2S. The Kier molecular flexibility index (Phi) is 6.47. The fourth-order valence-corrected chi connectivity index (χ4v) is 3.48. The fourth-order valence-electron chi connectivity index (χ4n) is 2.60. The molecule has 0 saturated heterocycles. The molecule has 4 nitrogen and oxygen atoms in total. The Labute approximate surface area is 175 Å². The maximum atomic E-state index is 12.6. The van der Waals surface area contributed by atoms with Crippen LogP contribution in [0.2, 0.25) is 0 Å². The van der Waals surface area contributed by atoms with Crippen LogP contribution in [0.4, 0.5) is 18.9 Å². The van der Waals surface area contributed by atoms with Gasteiger partial charge >= 0.3 is 6.18 Å². The van der Waals surface area contributed by atoms with Crippen LogP contribution in [-0.2, 0) is 6.18 Å². The van der Waals surface area contributed by atoms with E-state index in [0.717, 1.165) is 34.1 Å². The highest BCUT2D eigenvalue weighted by molar-refractivity contribution is 7.99. The lowest BCUT2D eigenvalue weighted by atomic mass is 10.1. The topological polar surface area (TPSA) is 58.2 Å². The van der Waals surface area contributed by atoms with Gasteiger partial charge in [-0.05, 0) is 66.7 Å². The molecule has 0 atom stereocenters. The van der Waals surface area contributed by atoms with Crippen molar-refractivity contribution in [3.05, 3.63) is 89.5 Å². The highest BCUT2D eigenvalue weighted by atomic mass is 32.2. The van der Waals surface area contributed by atoms with Gasteiger partial charge in [0.15, 0.2) is 0 Å². The Morgan fingerprint density at radius 1 is 0.800 bits per heavy atom. The summed E-state index contributed by atoms with van der Waals surface area (Å²) < 4.78 is 37.9. The van der Waals surface area contributed by atoms with Gasteiger partial charge in [-0.2, -0.15) is 13.2 Å². The molecule has 0 heterocycles. The summed E-state index contributed by atoms with van der Waals surface area (Å²) in [6.07, 6.45) is -4.44. The molecule has 0 fully saturated rings. The highest BCUT2D eigenvalue weighted by Crippen LogP contribution is 2.30. The van der Waals surface area contributed by atoms with Gasteiger partial charge in [-0.15, -0.1) is 0 Å². The first-order chi connectivity index (χ1) is 14.3. The quantitative estimate of drug-likeness (QED) is 0.565. The van der Waals surface area contributed by atoms with Crippen molar-refractivity contribution in [2.75, 3.05) is 12.4 Å². The van der Waals surface area contributed by atoms with E-state index in [2.05, 4.69) is 10.6 Å². The maximum Gasteiger partial charge on any atom is 0.416 e. The Balaban J connectivity index is 1.64. The van der Waals surface area contributed by atoms with Crippen molar-refractivity contribution in [3.63, 3.8) is 0 Å². The fraction of sp³-hybridized carbons (Fsp3) is 0.0909. The minimum Gasteiger partial charge on any atom is -0.355 e. The van der Waals surface area contributed by atoms with Crippen LogP contribution in [0, 0.1) is 0 Å². The second kappa shape index (κ2) is 9.04. The Morgan fingerprint density at radius 2 is 1.47 bits per heavy atom. The van der Waals surface area contributed by atoms with E-state index in [-0.39, 0.29) is 11.5 Å². The zero-order valence-electron chi connectivity index (χ0n) is 15.8. The van der Waals surface area contributed by atoms with Gasteiger partial charge in [0.05, 0.1) is 5.56 Å². The predicted molar refractivity (Wildman–Crippen MR) is 110 cm³/mol. The number of anilines is 1. The molecule has 0 aliphatic carbocycles. The van der Waals surface area contributed by atoms with E-state index in [0.29, 0.717) is 11.3 Å². The molecule has 0 aliphatic heterocycles. The van der Waals surface area contributed by atoms with E-state index < -0.39 is 17.6 Å². The minimum atomic E-state index is -4.44. The molecule has 0 radical (unpaired) electrons. The smallest absolute Gasteiger partial charge is 0.355 e. The van der Waals surface area contributed by atoms with E-state index in [1.807, 2.05) is 6.07 Å². The minimum absolute atomic E-state index is 0.132. The first-order valence-corrected chi connectivity index (χ1v) is 9.66. The molecule has 154 valence electrons. The number of alkyl halides is 3. The third-order valence-electron chi connectivity index (χ3n) is 4.15. The van der Waals surface area contributed by atoms with Crippen LogP contribution in [0.25, 0.3) is 0 Å². The molecule has 30 heavy (non-hydrogen) atoms. The molecular weight excluding hydrogens is 413 g/mol. The van der Waals surface area contributed by atoms with Crippen LogP contribution in [0.5, 0.6) is 0 Å². The summed E-state index contributed by atoms with van der Waals surface area (Å²) in [6.45, 7) is 0. The second-order valence-electron chi connectivity index (χ2n) is 6.26. The van der Waals surface area contributed by atoms with Crippen molar-refractivity contribution in [1.82, 2.24) is 5.32 Å². The third kappa shape index (κ3) is 5.42. The summed E-state index contributed by atoms with van der Waals surface area (Å²) in [7, 11) is 1.57. The number of halogens is 3. The predicted octanol–water partition coefficient (Wildman–Crippen LogP) is 5.47. The zero-order valence-corrected chi connectivity index (χ0v) is 16.6. The molecule has 3 aromatic carbocycles. The molecule has 0 spiro atoms. The van der Waals surface area contributed by atoms with E-state index in [1.165, 1.54) is 11.8 Å². The zero-order chi connectivity index (χ0) is 21.7. The van der Waals surface area contributed by atoms with Crippen LogP contribution in [0.1, 0.15) is 26.3 Å². The molecule has 2 N–H and O–H groups in total. The van der Waals surface area contributed by atoms with Crippen LogP contribution in [0.3, 0.4) is 0 Å². The van der Waals surface area contributed by atoms with Crippen molar-refractivity contribution in [2.24, 2.45) is 0 Å². The summed E-state index contributed by atoms with van der Waals surface area (Å²) in [6, 6.07) is 18.2. The first kappa shape index (κ1) is 21.4. The SMILES string of the molecule is CNC(=O)c1cccc(Sc2ccc(NC(=O)c3ccc(C(F)(F)F)cc3)cc2)c1.